The van der Waals surface area contributed by atoms with Gasteiger partial charge in [0.1, 0.15) is 23.2 Å². The van der Waals surface area contributed by atoms with E-state index in [2.05, 4.69) is 103 Å². The van der Waals surface area contributed by atoms with Gasteiger partial charge in [0.25, 0.3) is 0 Å². The molecule has 0 fully saturated rings. The molecule has 0 unspecified atom stereocenters. The average Bonchev–Trinajstić information content (AvgIpc) is 2.93. The van der Waals surface area contributed by atoms with Crippen molar-refractivity contribution in [2.45, 2.75) is 70.6 Å². The first-order valence-electron chi connectivity index (χ1n) is 13.6. The van der Waals surface area contributed by atoms with Crippen LogP contribution in [0.5, 0.6) is 0 Å². The smallest absolute Gasteiger partial charge is 0.115 e. The van der Waals surface area contributed by atoms with E-state index in [0.717, 1.165) is 12.0 Å². The number of alkyl halides is 1. The molecule has 0 aliphatic carbocycles. The van der Waals surface area contributed by atoms with Crippen LogP contribution in [0.3, 0.4) is 0 Å². The number of unbranched alkanes of at least 4 members (excludes halogenated alkanes) is 10. The predicted molar refractivity (Wildman–Crippen MR) is 161 cm³/mol. The van der Waals surface area contributed by atoms with Crippen molar-refractivity contribution in [3.63, 3.8) is 0 Å². The van der Waals surface area contributed by atoms with Crippen LogP contribution < -0.4 is 15.9 Å². The molecular formula is C33H43ClP+. The lowest BCUT2D eigenvalue weighted by atomic mass is 10.1. The SMILES string of the molecule is ClCCCCCCCCCCCCC=CC[P+](c1ccccc1)(c1ccccc1)c1ccccc1. The number of allylic oxidation sites excluding steroid dienone is 2. The number of hydrogen-bond acceptors (Lipinski definition) is 0. The maximum Gasteiger partial charge on any atom is 0.115 e. The van der Waals surface area contributed by atoms with Gasteiger partial charge in [0, 0.05) is 5.88 Å². The van der Waals surface area contributed by atoms with E-state index in [4.69, 9.17) is 11.6 Å². The Labute approximate surface area is 220 Å². The maximum absolute atomic E-state index is 5.75. The summed E-state index contributed by atoms with van der Waals surface area (Å²) in [5, 5.41) is 4.39. The van der Waals surface area contributed by atoms with Crippen LogP contribution in [0.2, 0.25) is 0 Å². The van der Waals surface area contributed by atoms with E-state index in [1.165, 1.54) is 86.5 Å². The largest absolute Gasteiger partial charge is 0.127 e. The van der Waals surface area contributed by atoms with Crippen molar-refractivity contribution in [2.75, 3.05) is 12.0 Å². The van der Waals surface area contributed by atoms with Crippen LogP contribution in [-0.2, 0) is 0 Å². The van der Waals surface area contributed by atoms with Crippen LogP contribution in [0.4, 0.5) is 0 Å². The van der Waals surface area contributed by atoms with Gasteiger partial charge < -0.3 is 0 Å². The fourth-order valence-electron chi connectivity index (χ4n) is 4.93. The van der Waals surface area contributed by atoms with Crippen LogP contribution >= 0.6 is 18.9 Å². The molecular weight excluding hydrogens is 463 g/mol. The maximum atomic E-state index is 5.75. The normalized spacial score (nSPS) is 11.8. The van der Waals surface area contributed by atoms with Crippen molar-refractivity contribution < 1.29 is 0 Å². The van der Waals surface area contributed by atoms with E-state index >= 15 is 0 Å². The highest BCUT2D eigenvalue weighted by atomic mass is 35.5. The molecule has 0 aliphatic heterocycles. The Morgan fingerprint density at radius 2 is 0.829 bits per heavy atom. The molecule has 0 nitrogen and oxygen atoms in total. The van der Waals surface area contributed by atoms with E-state index in [0.29, 0.717) is 0 Å². The lowest BCUT2D eigenvalue weighted by molar-refractivity contribution is 0.558. The molecule has 3 aromatic carbocycles. The monoisotopic (exact) mass is 505 g/mol. The molecule has 0 aliphatic rings. The molecule has 35 heavy (non-hydrogen) atoms. The first-order chi connectivity index (χ1) is 17.4. The van der Waals surface area contributed by atoms with Gasteiger partial charge in [-0.2, -0.15) is 0 Å². The highest BCUT2D eigenvalue weighted by Gasteiger charge is 2.43. The van der Waals surface area contributed by atoms with Gasteiger partial charge in [-0.05, 0) is 55.7 Å². The molecule has 0 saturated carbocycles. The van der Waals surface area contributed by atoms with Crippen molar-refractivity contribution >= 4 is 34.8 Å². The van der Waals surface area contributed by atoms with E-state index < -0.39 is 7.26 Å². The van der Waals surface area contributed by atoms with Gasteiger partial charge >= 0.3 is 0 Å². The summed E-state index contributed by atoms with van der Waals surface area (Å²) in [6.45, 7) is 0. The molecule has 0 heterocycles. The zero-order valence-electron chi connectivity index (χ0n) is 21.3. The van der Waals surface area contributed by atoms with Crippen LogP contribution in [-0.4, -0.2) is 12.0 Å². The lowest BCUT2D eigenvalue weighted by Gasteiger charge is -2.26. The Kier molecular flexibility index (Phi) is 13.2. The van der Waals surface area contributed by atoms with Gasteiger partial charge in [-0.15, -0.1) is 11.6 Å². The summed E-state index contributed by atoms with van der Waals surface area (Å²) in [7, 11) is -1.73. The average molecular weight is 506 g/mol. The molecule has 186 valence electrons. The summed E-state index contributed by atoms with van der Waals surface area (Å²) < 4.78 is 0. The van der Waals surface area contributed by atoms with Crippen molar-refractivity contribution in [1.82, 2.24) is 0 Å². The van der Waals surface area contributed by atoms with Gasteiger partial charge in [0.05, 0.1) is 6.16 Å². The fraction of sp³-hybridized carbons (Fsp3) is 0.394. The van der Waals surface area contributed by atoms with E-state index in [1.807, 2.05) is 0 Å². The van der Waals surface area contributed by atoms with Crippen molar-refractivity contribution in [3.05, 3.63) is 103 Å². The Balaban J connectivity index is 1.55. The van der Waals surface area contributed by atoms with Gasteiger partial charge in [0.15, 0.2) is 0 Å². The summed E-state index contributed by atoms with van der Waals surface area (Å²) >= 11 is 5.75. The second kappa shape index (κ2) is 16.7. The fourth-order valence-corrected chi connectivity index (χ4v) is 9.16. The number of benzene rings is 3. The summed E-state index contributed by atoms with van der Waals surface area (Å²) in [5.74, 6) is 0.821. The molecule has 0 radical (unpaired) electrons. The third kappa shape index (κ3) is 8.93. The quantitative estimate of drug-likeness (QED) is 0.0742. The third-order valence-corrected chi connectivity index (χ3v) is 11.5. The van der Waals surface area contributed by atoms with Gasteiger partial charge in [0.2, 0.25) is 0 Å². The van der Waals surface area contributed by atoms with Gasteiger partial charge in [-0.25, -0.2) is 0 Å². The molecule has 2 heteroatoms. The minimum atomic E-state index is -1.73. The van der Waals surface area contributed by atoms with Gasteiger partial charge in [-0.3, -0.25) is 0 Å². The van der Waals surface area contributed by atoms with Crippen LogP contribution in [0, 0.1) is 0 Å². The molecule has 3 rings (SSSR count). The number of halogens is 1. The molecule has 0 atom stereocenters. The Morgan fingerprint density at radius 3 is 1.23 bits per heavy atom. The first-order valence-corrected chi connectivity index (χ1v) is 16.1. The predicted octanol–water partition coefficient (Wildman–Crippen LogP) is 9.07. The third-order valence-electron chi connectivity index (χ3n) is 6.89. The summed E-state index contributed by atoms with van der Waals surface area (Å²) in [6.07, 6.45) is 20.6. The zero-order chi connectivity index (χ0) is 24.4. The minimum Gasteiger partial charge on any atom is -0.127 e. The molecule has 3 aromatic rings. The second-order valence-electron chi connectivity index (χ2n) is 9.48. The standard InChI is InChI=1S/C33H43ClP/c34-29-21-10-8-6-4-2-1-3-5-7-9-11-22-30-35(31-23-15-12-16-24-31,32-25-17-13-18-26-32)33-27-19-14-20-28-33/h11-20,22-28H,1-10,21,29-30H2/q+1. The topological polar surface area (TPSA) is 0 Å². The molecule has 0 aromatic heterocycles. The zero-order valence-corrected chi connectivity index (χ0v) is 23.0. The van der Waals surface area contributed by atoms with E-state index in [-0.39, 0.29) is 0 Å². The summed E-state index contributed by atoms with van der Waals surface area (Å²) in [5.41, 5.74) is 0. The van der Waals surface area contributed by atoms with Crippen molar-refractivity contribution in [3.8, 4) is 0 Å². The number of hydrogen-bond donors (Lipinski definition) is 0. The van der Waals surface area contributed by atoms with Crippen LogP contribution in [0.25, 0.3) is 0 Å². The molecule has 0 spiro atoms. The minimum absolute atomic E-state index is 0.821. The van der Waals surface area contributed by atoms with Crippen LogP contribution in [0.1, 0.15) is 70.6 Å². The second-order valence-corrected chi connectivity index (χ2v) is 13.4. The van der Waals surface area contributed by atoms with Crippen molar-refractivity contribution in [2.24, 2.45) is 0 Å². The molecule has 0 amide bonds. The molecule has 0 bridgehead atoms. The highest BCUT2D eigenvalue weighted by molar-refractivity contribution is 7.95. The highest BCUT2D eigenvalue weighted by Crippen LogP contribution is 2.55. The summed E-state index contributed by atoms with van der Waals surface area (Å²) in [6, 6.07) is 33.6. The van der Waals surface area contributed by atoms with Crippen molar-refractivity contribution in [1.29, 1.82) is 0 Å². The number of rotatable bonds is 17. The molecule has 0 saturated heterocycles. The summed E-state index contributed by atoms with van der Waals surface area (Å²) in [4.78, 5) is 0. The first kappa shape index (κ1) is 27.7. The van der Waals surface area contributed by atoms with E-state index in [9.17, 15) is 0 Å². The van der Waals surface area contributed by atoms with E-state index in [1.54, 1.807) is 0 Å². The Morgan fingerprint density at radius 1 is 0.457 bits per heavy atom. The van der Waals surface area contributed by atoms with Crippen LogP contribution in [0.15, 0.2) is 103 Å². The molecule has 0 N–H and O–H groups in total. The lowest BCUT2D eigenvalue weighted by Crippen LogP contribution is -2.32. The Hall–Kier alpha value is -1.88. The van der Waals surface area contributed by atoms with Gasteiger partial charge in [-0.1, -0.05) is 118 Å². The Bertz CT molecular complexity index is 840.